The maximum atomic E-state index is 10.3. The number of ether oxygens (including phenoxy) is 1. The van der Waals surface area contributed by atoms with E-state index in [1.54, 1.807) is 0 Å². The third kappa shape index (κ3) is 4.82. The van der Waals surface area contributed by atoms with Crippen LogP contribution in [-0.4, -0.2) is 38.0 Å². The molecule has 3 rings (SSSR count). The van der Waals surface area contributed by atoms with Gasteiger partial charge in [-0.1, -0.05) is 42.0 Å². The molecular weight excluding hydrogens is 312 g/mol. The van der Waals surface area contributed by atoms with Gasteiger partial charge in [0.15, 0.2) is 0 Å². The average Bonchev–Trinajstić information content (AvgIpc) is 2.67. The highest BCUT2D eigenvalue weighted by molar-refractivity contribution is 5.48. The second kappa shape index (κ2) is 8.48. The monoisotopic (exact) mass is 340 g/mol. The van der Waals surface area contributed by atoms with Crippen molar-refractivity contribution in [1.82, 2.24) is 5.32 Å². The van der Waals surface area contributed by atoms with Crippen LogP contribution >= 0.6 is 0 Å². The fourth-order valence-electron chi connectivity index (χ4n) is 3.11. The number of morpholine rings is 1. The molecule has 2 aromatic carbocycles. The number of aryl methyl sites for hydroxylation is 1. The van der Waals surface area contributed by atoms with Crippen LogP contribution in [0.15, 0.2) is 48.5 Å². The third-order valence-electron chi connectivity index (χ3n) is 4.85. The molecule has 0 aromatic heterocycles. The molecule has 1 saturated heterocycles. The lowest BCUT2D eigenvalue weighted by molar-refractivity contribution is 0.122. The quantitative estimate of drug-likeness (QED) is 0.847. The largest absolute Gasteiger partial charge is 0.387 e. The average molecular weight is 340 g/mol. The molecule has 1 heterocycles. The van der Waals surface area contributed by atoms with E-state index in [4.69, 9.17) is 4.74 Å². The van der Waals surface area contributed by atoms with E-state index in [9.17, 15) is 5.11 Å². The summed E-state index contributed by atoms with van der Waals surface area (Å²) in [5.41, 5.74) is 4.64. The van der Waals surface area contributed by atoms with Gasteiger partial charge in [0, 0.05) is 31.4 Å². The Morgan fingerprint density at radius 1 is 1.00 bits per heavy atom. The van der Waals surface area contributed by atoms with Crippen molar-refractivity contribution < 1.29 is 9.84 Å². The maximum absolute atomic E-state index is 10.3. The summed E-state index contributed by atoms with van der Waals surface area (Å²) in [5.74, 6) is 0. The highest BCUT2D eigenvalue weighted by atomic mass is 16.5. The van der Waals surface area contributed by atoms with Crippen molar-refractivity contribution in [2.45, 2.75) is 26.0 Å². The van der Waals surface area contributed by atoms with Gasteiger partial charge in [0.25, 0.3) is 0 Å². The fourth-order valence-corrected chi connectivity index (χ4v) is 3.11. The van der Waals surface area contributed by atoms with Gasteiger partial charge in [0.05, 0.1) is 19.3 Å². The first-order valence-corrected chi connectivity index (χ1v) is 9.04. The van der Waals surface area contributed by atoms with E-state index in [0.717, 1.165) is 31.9 Å². The summed E-state index contributed by atoms with van der Waals surface area (Å²) in [6, 6.07) is 16.9. The van der Waals surface area contributed by atoms with Crippen molar-refractivity contribution in [2.75, 3.05) is 37.7 Å². The fraction of sp³-hybridized carbons (Fsp3) is 0.429. The molecule has 4 nitrogen and oxygen atoms in total. The molecule has 0 bridgehead atoms. The zero-order chi connectivity index (χ0) is 17.6. The molecule has 1 aliphatic rings. The van der Waals surface area contributed by atoms with Crippen LogP contribution < -0.4 is 10.2 Å². The number of hydrogen-bond acceptors (Lipinski definition) is 4. The van der Waals surface area contributed by atoms with E-state index in [2.05, 4.69) is 48.3 Å². The third-order valence-corrected chi connectivity index (χ3v) is 4.85. The van der Waals surface area contributed by atoms with Crippen LogP contribution in [0.1, 0.15) is 35.8 Å². The Hall–Kier alpha value is -1.88. The van der Waals surface area contributed by atoms with Crippen LogP contribution in [0, 0.1) is 6.92 Å². The SMILES string of the molecule is Cc1ccc(C(O)CNC(C)c2ccc(N3CCOCC3)cc2)cc1. The first-order chi connectivity index (χ1) is 12.1. The molecule has 0 amide bonds. The number of hydrogen-bond donors (Lipinski definition) is 2. The van der Waals surface area contributed by atoms with Crippen molar-refractivity contribution in [3.63, 3.8) is 0 Å². The van der Waals surface area contributed by atoms with Crippen LogP contribution in [0.2, 0.25) is 0 Å². The van der Waals surface area contributed by atoms with Crippen molar-refractivity contribution in [3.05, 3.63) is 65.2 Å². The number of rotatable bonds is 6. The summed E-state index contributed by atoms with van der Waals surface area (Å²) in [6.45, 7) is 8.23. The van der Waals surface area contributed by atoms with E-state index in [-0.39, 0.29) is 6.04 Å². The number of aliphatic hydroxyl groups excluding tert-OH is 1. The smallest absolute Gasteiger partial charge is 0.0914 e. The second-order valence-corrected chi connectivity index (χ2v) is 6.75. The summed E-state index contributed by atoms with van der Waals surface area (Å²) >= 11 is 0. The number of anilines is 1. The maximum Gasteiger partial charge on any atom is 0.0914 e. The Labute approximate surface area is 150 Å². The topological polar surface area (TPSA) is 44.7 Å². The lowest BCUT2D eigenvalue weighted by atomic mass is 10.1. The highest BCUT2D eigenvalue weighted by Gasteiger charge is 2.13. The Bertz CT molecular complexity index is 649. The Kier molecular flexibility index (Phi) is 6.08. The minimum absolute atomic E-state index is 0.193. The molecule has 0 radical (unpaired) electrons. The molecule has 2 unspecified atom stereocenters. The van der Waals surface area contributed by atoms with Gasteiger partial charge in [-0.2, -0.15) is 0 Å². The molecule has 25 heavy (non-hydrogen) atoms. The molecule has 1 aliphatic heterocycles. The Balaban J connectivity index is 1.53. The van der Waals surface area contributed by atoms with Gasteiger partial charge in [-0.15, -0.1) is 0 Å². The number of aliphatic hydroxyl groups is 1. The van der Waals surface area contributed by atoms with Gasteiger partial charge in [-0.05, 0) is 37.1 Å². The van der Waals surface area contributed by atoms with E-state index >= 15 is 0 Å². The normalized spacial score (nSPS) is 17.3. The predicted octanol–water partition coefficient (Wildman–Crippen LogP) is 3.22. The van der Waals surface area contributed by atoms with Gasteiger partial charge >= 0.3 is 0 Å². The number of nitrogens with zero attached hydrogens (tertiary/aromatic N) is 1. The van der Waals surface area contributed by atoms with Crippen LogP contribution in [-0.2, 0) is 4.74 Å². The highest BCUT2D eigenvalue weighted by Crippen LogP contribution is 2.21. The van der Waals surface area contributed by atoms with Crippen LogP contribution in [0.25, 0.3) is 0 Å². The van der Waals surface area contributed by atoms with Gasteiger partial charge in [0.1, 0.15) is 0 Å². The molecule has 1 fully saturated rings. The standard InChI is InChI=1S/C21H28N2O2/c1-16-3-5-19(6-4-16)21(24)15-22-17(2)18-7-9-20(10-8-18)23-11-13-25-14-12-23/h3-10,17,21-22,24H,11-15H2,1-2H3. The Morgan fingerprint density at radius 3 is 2.24 bits per heavy atom. The van der Waals surface area contributed by atoms with Gasteiger partial charge in [0.2, 0.25) is 0 Å². The first kappa shape index (κ1) is 17.9. The predicted molar refractivity (Wildman–Crippen MR) is 102 cm³/mol. The molecule has 134 valence electrons. The molecule has 0 spiro atoms. The first-order valence-electron chi connectivity index (χ1n) is 9.04. The Morgan fingerprint density at radius 2 is 1.60 bits per heavy atom. The van der Waals surface area contributed by atoms with Crippen molar-refractivity contribution in [3.8, 4) is 0 Å². The van der Waals surface area contributed by atoms with Crippen LogP contribution in [0.4, 0.5) is 5.69 Å². The van der Waals surface area contributed by atoms with E-state index in [0.29, 0.717) is 6.54 Å². The molecule has 0 saturated carbocycles. The molecule has 4 heteroatoms. The van der Waals surface area contributed by atoms with Crippen LogP contribution in [0.3, 0.4) is 0 Å². The van der Waals surface area contributed by atoms with Crippen molar-refractivity contribution >= 4 is 5.69 Å². The zero-order valence-corrected chi connectivity index (χ0v) is 15.1. The van der Waals surface area contributed by atoms with Gasteiger partial charge < -0.3 is 20.1 Å². The van der Waals surface area contributed by atoms with Crippen molar-refractivity contribution in [2.24, 2.45) is 0 Å². The summed E-state index contributed by atoms with van der Waals surface area (Å²) in [5, 5.41) is 13.8. The summed E-state index contributed by atoms with van der Waals surface area (Å²) in [7, 11) is 0. The van der Waals surface area contributed by atoms with Crippen molar-refractivity contribution in [1.29, 1.82) is 0 Å². The summed E-state index contributed by atoms with van der Waals surface area (Å²) < 4.78 is 5.41. The summed E-state index contributed by atoms with van der Waals surface area (Å²) in [6.07, 6.45) is -0.490. The number of nitrogens with one attached hydrogen (secondary N) is 1. The molecule has 2 N–H and O–H groups in total. The summed E-state index contributed by atoms with van der Waals surface area (Å²) in [4.78, 5) is 2.35. The van der Waals surface area contributed by atoms with Gasteiger partial charge in [-0.25, -0.2) is 0 Å². The molecule has 0 aliphatic carbocycles. The van der Waals surface area contributed by atoms with Crippen LogP contribution in [0.5, 0.6) is 0 Å². The zero-order valence-electron chi connectivity index (χ0n) is 15.1. The molecule has 2 aromatic rings. The van der Waals surface area contributed by atoms with E-state index in [1.807, 2.05) is 24.3 Å². The molecule has 2 atom stereocenters. The number of benzene rings is 2. The van der Waals surface area contributed by atoms with Gasteiger partial charge in [-0.3, -0.25) is 0 Å². The molecular formula is C21H28N2O2. The lowest BCUT2D eigenvalue weighted by Gasteiger charge is -2.29. The van der Waals surface area contributed by atoms with E-state index in [1.165, 1.54) is 16.8 Å². The van der Waals surface area contributed by atoms with E-state index < -0.39 is 6.10 Å². The minimum atomic E-state index is -0.490. The second-order valence-electron chi connectivity index (χ2n) is 6.75. The lowest BCUT2D eigenvalue weighted by Crippen LogP contribution is -2.36. The minimum Gasteiger partial charge on any atom is -0.387 e.